The summed E-state index contributed by atoms with van der Waals surface area (Å²) < 4.78 is 5.47. The molecule has 0 spiro atoms. The van der Waals surface area contributed by atoms with Gasteiger partial charge in [-0.2, -0.15) is 0 Å². The van der Waals surface area contributed by atoms with Crippen LogP contribution in [0.15, 0.2) is 18.2 Å². The van der Waals surface area contributed by atoms with Gasteiger partial charge in [0.05, 0.1) is 12.2 Å². The number of Topliss-reactive ketones (excluding diaryl/α,β-unsaturated/α-hetero) is 1. The van der Waals surface area contributed by atoms with Crippen molar-refractivity contribution in [3.05, 3.63) is 29.3 Å². The number of rotatable bonds is 3. The summed E-state index contributed by atoms with van der Waals surface area (Å²) in [7, 11) is 0. The molecule has 2 rings (SSSR count). The number of fused-ring (bicyclic) bond motifs is 1. The number of carbonyl (C=O) groups excluding carboxylic acids is 1. The number of para-hydroxylation sites is 1. The predicted octanol–water partition coefficient (Wildman–Crippen LogP) is 1.54. The molecule has 80 valence electrons. The molecule has 0 radical (unpaired) electrons. The maximum absolute atomic E-state index is 11.9. The first-order chi connectivity index (χ1) is 7.18. The number of ketones is 1. The Balaban J connectivity index is 2.29. The lowest BCUT2D eigenvalue weighted by Gasteiger charge is -2.08. The standard InChI is InChI=1S/C12H15NO2/c1-8(13)7-11(14)10-4-2-3-9-5-6-15-12(9)10/h2-4,8H,5-7,13H2,1H3. The lowest BCUT2D eigenvalue weighted by Crippen LogP contribution is -2.19. The third-order valence-corrected chi connectivity index (χ3v) is 2.52. The molecule has 0 amide bonds. The molecule has 15 heavy (non-hydrogen) atoms. The second kappa shape index (κ2) is 4.03. The van der Waals surface area contributed by atoms with Gasteiger partial charge < -0.3 is 10.5 Å². The molecule has 3 heteroatoms. The summed E-state index contributed by atoms with van der Waals surface area (Å²) in [4.78, 5) is 11.9. The first-order valence-corrected chi connectivity index (χ1v) is 5.22. The van der Waals surface area contributed by atoms with Gasteiger partial charge in [-0.3, -0.25) is 4.79 Å². The summed E-state index contributed by atoms with van der Waals surface area (Å²) in [6, 6.07) is 5.62. The van der Waals surface area contributed by atoms with Crippen LogP contribution in [0.5, 0.6) is 5.75 Å². The lowest BCUT2D eigenvalue weighted by molar-refractivity contribution is 0.0973. The fraction of sp³-hybridized carbons (Fsp3) is 0.417. The molecule has 0 bridgehead atoms. The molecule has 0 fully saturated rings. The molecule has 1 unspecified atom stereocenters. The van der Waals surface area contributed by atoms with Crippen LogP contribution in [0.1, 0.15) is 29.3 Å². The number of hydrogen-bond acceptors (Lipinski definition) is 3. The molecule has 0 saturated carbocycles. The first-order valence-electron chi connectivity index (χ1n) is 5.22. The SMILES string of the molecule is CC(N)CC(=O)c1cccc2c1OCC2. The Morgan fingerprint density at radius 1 is 1.60 bits per heavy atom. The molecule has 0 aromatic heterocycles. The van der Waals surface area contributed by atoms with Gasteiger partial charge >= 0.3 is 0 Å². The van der Waals surface area contributed by atoms with Gasteiger partial charge in [0.2, 0.25) is 0 Å². The Morgan fingerprint density at radius 3 is 3.13 bits per heavy atom. The van der Waals surface area contributed by atoms with Gasteiger partial charge in [-0.05, 0) is 18.6 Å². The molecule has 1 aliphatic heterocycles. The molecule has 2 N–H and O–H groups in total. The van der Waals surface area contributed by atoms with Crippen LogP contribution < -0.4 is 10.5 Å². The Labute approximate surface area is 89.2 Å². The fourth-order valence-electron chi connectivity index (χ4n) is 1.84. The van der Waals surface area contributed by atoms with E-state index in [1.165, 1.54) is 0 Å². The van der Waals surface area contributed by atoms with Crippen molar-refractivity contribution < 1.29 is 9.53 Å². The maximum atomic E-state index is 11.9. The average Bonchev–Trinajstić information content (AvgIpc) is 2.63. The van der Waals surface area contributed by atoms with Gasteiger partial charge in [0.25, 0.3) is 0 Å². The van der Waals surface area contributed by atoms with Crippen LogP contribution in [0.25, 0.3) is 0 Å². The molecule has 1 aromatic carbocycles. The quantitative estimate of drug-likeness (QED) is 0.761. The summed E-state index contributed by atoms with van der Waals surface area (Å²) in [5.74, 6) is 0.840. The highest BCUT2D eigenvalue weighted by Gasteiger charge is 2.20. The maximum Gasteiger partial charge on any atom is 0.168 e. The van der Waals surface area contributed by atoms with Crippen LogP contribution in [0.3, 0.4) is 0 Å². The Bertz CT molecular complexity index is 385. The van der Waals surface area contributed by atoms with Crippen molar-refractivity contribution in [2.75, 3.05) is 6.61 Å². The zero-order valence-electron chi connectivity index (χ0n) is 8.82. The molecule has 1 heterocycles. The van der Waals surface area contributed by atoms with Crippen LogP contribution in [-0.4, -0.2) is 18.4 Å². The van der Waals surface area contributed by atoms with E-state index in [-0.39, 0.29) is 11.8 Å². The minimum atomic E-state index is -0.102. The average molecular weight is 205 g/mol. The summed E-state index contributed by atoms with van der Waals surface area (Å²) in [6.45, 7) is 2.51. The van der Waals surface area contributed by atoms with E-state index in [0.29, 0.717) is 18.6 Å². The molecule has 0 aliphatic carbocycles. The van der Waals surface area contributed by atoms with Gasteiger partial charge in [0.1, 0.15) is 5.75 Å². The Morgan fingerprint density at radius 2 is 2.40 bits per heavy atom. The van der Waals surface area contributed by atoms with Crippen molar-refractivity contribution in [1.82, 2.24) is 0 Å². The van der Waals surface area contributed by atoms with Gasteiger partial charge in [-0.25, -0.2) is 0 Å². The topological polar surface area (TPSA) is 52.3 Å². The highest BCUT2D eigenvalue weighted by molar-refractivity contribution is 5.99. The molecule has 1 atom stereocenters. The third kappa shape index (κ3) is 2.02. The fourth-order valence-corrected chi connectivity index (χ4v) is 1.84. The molecular weight excluding hydrogens is 190 g/mol. The van der Waals surface area contributed by atoms with Crippen molar-refractivity contribution >= 4 is 5.78 Å². The molecule has 1 aromatic rings. The number of hydrogen-bond donors (Lipinski definition) is 1. The Hall–Kier alpha value is -1.35. The van der Waals surface area contributed by atoms with E-state index in [1.807, 2.05) is 25.1 Å². The van der Waals surface area contributed by atoms with Crippen LogP contribution in [0.2, 0.25) is 0 Å². The van der Waals surface area contributed by atoms with E-state index < -0.39 is 0 Å². The molecule has 1 aliphatic rings. The van der Waals surface area contributed by atoms with Crippen molar-refractivity contribution in [3.63, 3.8) is 0 Å². The van der Waals surface area contributed by atoms with E-state index >= 15 is 0 Å². The molecule has 3 nitrogen and oxygen atoms in total. The van der Waals surface area contributed by atoms with Gasteiger partial charge in [-0.1, -0.05) is 12.1 Å². The van der Waals surface area contributed by atoms with Crippen LogP contribution in [0, 0.1) is 0 Å². The minimum absolute atomic E-state index is 0.0729. The predicted molar refractivity (Wildman–Crippen MR) is 58.2 cm³/mol. The largest absolute Gasteiger partial charge is 0.492 e. The number of benzene rings is 1. The van der Waals surface area contributed by atoms with E-state index in [9.17, 15) is 4.79 Å². The van der Waals surface area contributed by atoms with Crippen LogP contribution in [-0.2, 0) is 6.42 Å². The summed E-state index contributed by atoms with van der Waals surface area (Å²) in [5.41, 5.74) is 7.43. The third-order valence-electron chi connectivity index (χ3n) is 2.52. The lowest BCUT2D eigenvalue weighted by atomic mass is 10.0. The highest BCUT2D eigenvalue weighted by atomic mass is 16.5. The molecule has 0 saturated heterocycles. The van der Waals surface area contributed by atoms with Crippen LogP contribution in [0.4, 0.5) is 0 Å². The zero-order valence-corrected chi connectivity index (χ0v) is 8.82. The van der Waals surface area contributed by atoms with Crippen molar-refractivity contribution in [2.45, 2.75) is 25.8 Å². The van der Waals surface area contributed by atoms with Crippen molar-refractivity contribution in [1.29, 1.82) is 0 Å². The van der Waals surface area contributed by atoms with E-state index in [4.69, 9.17) is 10.5 Å². The van der Waals surface area contributed by atoms with E-state index in [1.54, 1.807) is 0 Å². The number of nitrogens with two attached hydrogens (primary N) is 1. The second-order valence-corrected chi connectivity index (χ2v) is 4.00. The summed E-state index contributed by atoms with van der Waals surface area (Å²) in [5, 5.41) is 0. The van der Waals surface area contributed by atoms with E-state index in [0.717, 1.165) is 17.7 Å². The van der Waals surface area contributed by atoms with Gasteiger partial charge in [0.15, 0.2) is 5.78 Å². The normalized spacial score (nSPS) is 15.6. The van der Waals surface area contributed by atoms with E-state index in [2.05, 4.69) is 0 Å². The smallest absolute Gasteiger partial charge is 0.168 e. The second-order valence-electron chi connectivity index (χ2n) is 4.00. The molecular formula is C12H15NO2. The van der Waals surface area contributed by atoms with Crippen LogP contribution >= 0.6 is 0 Å². The number of ether oxygens (including phenoxy) is 1. The Kier molecular flexibility index (Phi) is 2.73. The van der Waals surface area contributed by atoms with Gasteiger partial charge in [-0.15, -0.1) is 0 Å². The zero-order chi connectivity index (χ0) is 10.8. The highest BCUT2D eigenvalue weighted by Crippen LogP contribution is 2.30. The monoisotopic (exact) mass is 205 g/mol. The van der Waals surface area contributed by atoms with Gasteiger partial charge in [0, 0.05) is 18.9 Å². The van der Waals surface area contributed by atoms with Crippen molar-refractivity contribution in [3.8, 4) is 5.75 Å². The summed E-state index contributed by atoms with van der Waals surface area (Å²) >= 11 is 0. The number of carbonyl (C=O) groups is 1. The van der Waals surface area contributed by atoms with Crippen molar-refractivity contribution in [2.24, 2.45) is 5.73 Å². The first kappa shape index (κ1) is 10.2. The summed E-state index contributed by atoms with van der Waals surface area (Å²) in [6.07, 6.45) is 1.27. The minimum Gasteiger partial charge on any atom is -0.492 e.